The number of hydrogen-bond donors (Lipinski definition) is 2. The van der Waals surface area contributed by atoms with Crippen LogP contribution in [0, 0.1) is 5.92 Å². The Hall–Kier alpha value is -3.82. The number of likely N-dealkylation sites (N-methyl/N-ethyl adjacent to an activating group) is 2. The molecule has 214 valence electrons. The Morgan fingerprint density at radius 1 is 1.02 bits per heavy atom. The molecule has 4 aromatic rings. The fourth-order valence-corrected chi connectivity index (χ4v) is 5.78. The smallest absolute Gasteiger partial charge is 0.229 e. The zero-order valence-electron chi connectivity index (χ0n) is 24.7. The first-order valence-electron chi connectivity index (χ1n) is 14.7. The summed E-state index contributed by atoms with van der Waals surface area (Å²) in [5.41, 5.74) is 8.27. The van der Waals surface area contributed by atoms with Gasteiger partial charge >= 0.3 is 0 Å². The van der Waals surface area contributed by atoms with Gasteiger partial charge in [0.15, 0.2) is 0 Å². The monoisotopic (exact) mass is 551 g/mol. The number of aromatic nitrogens is 5. The molecule has 1 fully saturated rings. The van der Waals surface area contributed by atoms with Crippen molar-refractivity contribution in [2.24, 2.45) is 5.92 Å². The van der Waals surface area contributed by atoms with Crippen LogP contribution in [0.5, 0.6) is 0 Å². The number of hydrogen-bond acceptors (Lipinski definition) is 8. The van der Waals surface area contributed by atoms with E-state index < -0.39 is 0 Å². The van der Waals surface area contributed by atoms with Crippen molar-refractivity contribution in [3.05, 3.63) is 66.0 Å². The molecule has 0 unspecified atom stereocenters. The molecule has 4 heterocycles. The van der Waals surface area contributed by atoms with E-state index in [1.165, 1.54) is 31.6 Å². The van der Waals surface area contributed by atoms with Crippen LogP contribution in [0.3, 0.4) is 0 Å². The van der Waals surface area contributed by atoms with E-state index in [2.05, 4.69) is 88.5 Å². The third-order valence-corrected chi connectivity index (χ3v) is 8.39. The third-order valence-electron chi connectivity index (χ3n) is 8.39. The van der Waals surface area contributed by atoms with Gasteiger partial charge in [-0.3, -0.25) is 4.98 Å². The molecule has 1 saturated heterocycles. The van der Waals surface area contributed by atoms with Gasteiger partial charge < -0.3 is 25.0 Å². The SMILES string of the molecule is CN(C)CCN(C)C1=CC(Nc2ncc3c(-c4ccc5ncc(CC6CCN(C)CC6)nc5c4)c[nH]c3n2)=CCC1. The summed E-state index contributed by atoms with van der Waals surface area (Å²) in [5, 5.41) is 4.41. The lowest BCUT2D eigenvalue weighted by molar-refractivity contribution is 0.218. The van der Waals surface area contributed by atoms with Crippen molar-refractivity contribution in [3.63, 3.8) is 0 Å². The van der Waals surface area contributed by atoms with Gasteiger partial charge in [-0.1, -0.05) is 12.1 Å². The molecule has 9 nitrogen and oxygen atoms in total. The van der Waals surface area contributed by atoms with Crippen LogP contribution in [0.2, 0.25) is 0 Å². The van der Waals surface area contributed by atoms with Crippen molar-refractivity contribution < 1.29 is 0 Å². The quantitative estimate of drug-likeness (QED) is 0.303. The minimum Gasteiger partial charge on any atom is -0.377 e. The predicted octanol–water partition coefficient (Wildman–Crippen LogP) is 4.92. The second kappa shape index (κ2) is 12.0. The molecular formula is C32H41N9. The molecule has 0 amide bonds. The number of fused-ring (bicyclic) bond motifs is 2. The molecule has 0 atom stereocenters. The number of piperidine rings is 1. The van der Waals surface area contributed by atoms with Crippen molar-refractivity contribution in [1.82, 2.24) is 39.6 Å². The van der Waals surface area contributed by atoms with Crippen LogP contribution in [0.4, 0.5) is 5.95 Å². The molecule has 6 rings (SSSR count). The van der Waals surface area contributed by atoms with Gasteiger partial charge in [-0.2, -0.15) is 4.98 Å². The molecule has 1 aliphatic heterocycles. The first kappa shape index (κ1) is 27.4. The summed E-state index contributed by atoms with van der Waals surface area (Å²) in [6.45, 7) is 4.36. The van der Waals surface area contributed by atoms with Crippen LogP contribution in [0.15, 0.2) is 60.3 Å². The van der Waals surface area contributed by atoms with Gasteiger partial charge in [0.2, 0.25) is 5.95 Å². The molecule has 1 aliphatic carbocycles. The summed E-state index contributed by atoms with van der Waals surface area (Å²) < 4.78 is 0. The topological polar surface area (TPSA) is 89.1 Å². The number of rotatable bonds is 9. The summed E-state index contributed by atoms with van der Waals surface area (Å²) in [5.74, 6) is 1.28. The zero-order chi connectivity index (χ0) is 28.3. The lowest BCUT2D eigenvalue weighted by Gasteiger charge is -2.28. The molecule has 41 heavy (non-hydrogen) atoms. The minimum atomic E-state index is 0.591. The van der Waals surface area contributed by atoms with E-state index >= 15 is 0 Å². The maximum absolute atomic E-state index is 5.01. The zero-order valence-corrected chi connectivity index (χ0v) is 24.7. The third kappa shape index (κ3) is 6.41. The Morgan fingerprint density at radius 3 is 2.71 bits per heavy atom. The number of benzene rings is 1. The van der Waals surface area contributed by atoms with Crippen LogP contribution in [0.1, 0.15) is 31.4 Å². The average Bonchev–Trinajstić information content (AvgIpc) is 3.40. The summed E-state index contributed by atoms with van der Waals surface area (Å²) in [6, 6.07) is 6.30. The van der Waals surface area contributed by atoms with Gasteiger partial charge in [0.1, 0.15) is 5.65 Å². The van der Waals surface area contributed by atoms with Crippen molar-refractivity contribution in [2.75, 3.05) is 59.7 Å². The largest absolute Gasteiger partial charge is 0.377 e. The number of aromatic amines is 1. The first-order chi connectivity index (χ1) is 19.9. The average molecular weight is 552 g/mol. The van der Waals surface area contributed by atoms with E-state index in [1.807, 2.05) is 18.6 Å². The van der Waals surface area contributed by atoms with Crippen molar-refractivity contribution in [3.8, 4) is 11.1 Å². The molecule has 9 heteroatoms. The van der Waals surface area contributed by atoms with Crippen LogP contribution in [-0.2, 0) is 6.42 Å². The molecule has 0 radical (unpaired) electrons. The van der Waals surface area contributed by atoms with E-state index in [9.17, 15) is 0 Å². The van der Waals surface area contributed by atoms with Gasteiger partial charge in [0.05, 0.1) is 16.7 Å². The number of nitrogens with one attached hydrogen (secondary N) is 2. The number of H-pyrrole nitrogens is 1. The molecule has 2 aliphatic rings. The highest BCUT2D eigenvalue weighted by Crippen LogP contribution is 2.30. The van der Waals surface area contributed by atoms with E-state index in [-0.39, 0.29) is 0 Å². The van der Waals surface area contributed by atoms with Crippen LogP contribution >= 0.6 is 0 Å². The minimum absolute atomic E-state index is 0.591. The maximum atomic E-state index is 5.01. The lowest BCUT2D eigenvalue weighted by atomic mass is 9.92. The van der Waals surface area contributed by atoms with E-state index in [1.54, 1.807) is 0 Å². The van der Waals surface area contributed by atoms with Crippen molar-refractivity contribution in [2.45, 2.75) is 32.1 Å². The van der Waals surface area contributed by atoms with Gasteiger partial charge in [-0.25, -0.2) is 9.97 Å². The van der Waals surface area contributed by atoms with Crippen molar-refractivity contribution >= 4 is 28.0 Å². The Balaban J connectivity index is 1.18. The molecule has 2 N–H and O–H groups in total. The fraction of sp³-hybridized carbons (Fsp3) is 0.438. The van der Waals surface area contributed by atoms with E-state index in [0.29, 0.717) is 11.9 Å². The summed E-state index contributed by atoms with van der Waals surface area (Å²) in [6.07, 6.45) is 15.8. The van der Waals surface area contributed by atoms with E-state index in [0.717, 1.165) is 76.9 Å². The Morgan fingerprint density at radius 2 is 1.88 bits per heavy atom. The second-order valence-electron chi connectivity index (χ2n) is 11.9. The summed E-state index contributed by atoms with van der Waals surface area (Å²) in [7, 11) is 8.58. The molecule has 0 saturated carbocycles. The highest BCUT2D eigenvalue weighted by atomic mass is 15.2. The molecule has 1 aromatic carbocycles. The first-order valence-corrected chi connectivity index (χ1v) is 14.7. The van der Waals surface area contributed by atoms with Crippen molar-refractivity contribution in [1.29, 1.82) is 0 Å². The van der Waals surface area contributed by atoms with Crippen LogP contribution < -0.4 is 5.32 Å². The standard InChI is InChI=1S/C32H41N9/c1-39(2)14-15-41(4)26-7-5-6-24(18-26)37-32-35-21-28-27(20-34-31(28)38-32)23-8-9-29-30(17-23)36-25(19-33-29)16-22-10-12-40(3)13-11-22/h6,8-9,17-22H,5,7,10-16H2,1-4H3,(H2,34,35,37,38). The predicted molar refractivity (Wildman–Crippen MR) is 167 cm³/mol. The van der Waals surface area contributed by atoms with Crippen LogP contribution in [-0.4, -0.2) is 94.0 Å². The molecule has 0 bridgehead atoms. The van der Waals surface area contributed by atoms with Gasteiger partial charge in [-0.15, -0.1) is 0 Å². The number of anilines is 1. The molecular weight excluding hydrogens is 510 g/mol. The second-order valence-corrected chi connectivity index (χ2v) is 11.9. The summed E-state index contributed by atoms with van der Waals surface area (Å²) >= 11 is 0. The fourth-order valence-electron chi connectivity index (χ4n) is 5.78. The van der Waals surface area contributed by atoms with Gasteiger partial charge in [-0.05, 0) is 96.0 Å². The normalized spacial score (nSPS) is 16.8. The lowest BCUT2D eigenvalue weighted by Crippen LogP contribution is -2.31. The Kier molecular flexibility index (Phi) is 7.98. The highest BCUT2D eigenvalue weighted by molar-refractivity contribution is 5.95. The molecule has 3 aromatic heterocycles. The Labute approximate surface area is 242 Å². The number of nitrogens with zero attached hydrogens (tertiary/aromatic N) is 7. The Bertz CT molecular complexity index is 1580. The summed E-state index contributed by atoms with van der Waals surface area (Å²) in [4.78, 5) is 29.5. The maximum Gasteiger partial charge on any atom is 0.229 e. The highest BCUT2D eigenvalue weighted by Gasteiger charge is 2.18. The van der Waals surface area contributed by atoms with Gasteiger partial charge in [0.25, 0.3) is 0 Å². The number of allylic oxidation sites excluding steroid dienone is 3. The van der Waals surface area contributed by atoms with Gasteiger partial charge in [0, 0.05) is 61.1 Å². The number of likely N-dealkylation sites (tertiary alicyclic amines) is 1. The molecule has 0 spiro atoms. The van der Waals surface area contributed by atoms with Crippen LogP contribution in [0.25, 0.3) is 33.2 Å². The van der Waals surface area contributed by atoms with E-state index in [4.69, 9.17) is 15.0 Å².